The van der Waals surface area contributed by atoms with E-state index >= 15 is 0 Å². The standard InChI is InChI=1S/C23H28N2O7S/c1-30-16-6-3-14(4-7-16)12-24-22(27)11-17-10-19-18-9-15(25-33(2,28)29)5-8-20(18)32-23(19)21(13-26)31-17/h3-9,17,19,21,23,25-26H,10-13H2,1-2H3,(H,24,27)/t17-,19+,21-,23-/m1/s1. The summed E-state index contributed by atoms with van der Waals surface area (Å²) in [5, 5.41) is 12.8. The maximum atomic E-state index is 12.6. The van der Waals surface area contributed by atoms with Gasteiger partial charge in [-0.25, -0.2) is 8.42 Å². The van der Waals surface area contributed by atoms with Crippen LogP contribution in [-0.4, -0.2) is 57.7 Å². The Labute approximate surface area is 193 Å². The number of aliphatic hydroxyl groups excluding tert-OH is 1. The van der Waals surface area contributed by atoms with Gasteiger partial charge in [-0.2, -0.15) is 0 Å². The Balaban J connectivity index is 1.41. The van der Waals surface area contributed by atoms with Gasteiger partial charge in [0.25, 0.3) is 0 Å². The van der Waals surface area contributed by atoms with E-state index in [9.17, 15) is 18.3 Å². The van der Waals surface area contributed by atoms with E-state index in [4.69, 9.17) is 14.2 Å². The number of aliphatic hydroxyl groups is 1. The molecule has 2 aromatic rings. The molecule has 10 heteroatoms. The van der Waals surface area contributed by atoms with Gasteiger partial charge >= 0.3 is 0 Å². The van der Waals surface area contributed by atoms with Gasteiger partial charge in [0.1, 0.15) is 23.7 Å². The van der Waals surface area contributed by atoms with Crippen LogP contribution in [0.2, 0.25) is 0 Å². The van der Waals surface area contributed by atoms with E-state index in [-0.39, 0.29) is 24.9 Å². The van der Waals surface area contributed by atoms with Gasteiger partial charge in [0.15, 0.2) is 0 Å². The summed E-state index contributed by atoms with van der Waals surface area (Å²) in [6.45, 7) is 0.144. The molecule has 2 aliphatic heterocycles. The van der Waals surface area contributed by atoms with Gasteiger partial charge in [-0.1, -0.05) is 12.1 Å². The molecule has 1 amide bonds. The number of nitrogens with one attached hydrogen (secondary N) is 2. The fourth-order valence-corrected chi connectivity index (χ4v) is 4.94. The van der Waals surface area contributed by atoms with Crippen molar-refractivity contribution >= 4 is 21.6 Å². The van der Waals surface area contributed by atoms with E-state index in [0.29, 0.717) is 24.4 Å². The third kappa shape index (κ3) is 5.58. The van der Waals surface area contributed by atoms with E-state index in [2.05, 4.69) is 10.0 Å². The van der Waals surface area contributed by atoms with E-state index < -0.39 is 28.3 Å². The van der Waals surface area contributed by atoms with Crippen LogP contribution < -0.4 is 19.5 Å². The van der Waals surface area contributed by atoms with Crippen LogP contribution in [0.1, 0.15) is 29.9 Å². The van der Waals surface area contributed by atoms with E-state index in [1.54, 1.807) is 25.3 Å². The van der Waals surface area contributed by atoms with Crippen molar-refractivity contribution < 1.29 is 32.5 Å². The number of sulfonamides is 1. The van der Waals surface area contributed by atoms with Crippen molar-refractivity contribution in [3.63, 3.8) is 0 Å². The third-order valence-electron chi connectivity index (χ3n) is 5.86. The molecule has 1 fully saturated rings. The molecule has 2 aliphatic rings. The highest BCUT2D eigenvalue weighted by Crippen LogP contribution is 2.47. The van der Waals surface area contributed by atoms with Gasteiger partial charge in [-0.3, -0.25) is 9.52 Å². The molecule has 2 aromatic carbocycles. The first-order chi connectivity index (χ1) is 15.8. The highest BCUT2D eigenvalue weighted by molar-refractivity contribution is 7.92. The number of fused-ring (bicyclic) bond motifs is 3. The Hall–Kier alpha value is -2.82. The number of benzene rings is 2. The Bertz CT molecular complexity index is 1100. The summed E-state index contributed by atoms with van der Waals surface area (Å²) in [7, 11) is -1.82. The smallest absolute Gasteiger partial charge is 0.229 e. The second kappa shape index (κ2) is 9.58. The van der Waals surface area contributed by atoms with Crippen molar-refractivity contribution in [2.24, 2.45) is 0 Å². The van der Waals surface area contributed by atoms with Crippen molar-refractivity contribution in [3.05, 3.63) is 53.6 Å². The van der Waals surface area contributed by atoms with Gasteiger partial charge < -0.3 is 24.6 Å². The van der Waals surface area contributed by atoms with Crippen molar-refractivity contribution in [2.45, 2.75) is 43.6 Å². The van der Waals surface area contributed by atoms with Gasteiger partial charge in [-0.05, 0) is 42.3 Å². The normalized spacial score (nSPS) is 23.7. The summed E-state index contributed by atoms with van der Waals surface area (Å²) in [4.78, 5) is 12.6. The van der Waals surface area contributed by atoms with Crippen LogP contribution >= 0.6 is 0 Å². The summed E-state index contributed by atoms with van der Waals surface area (Å²) in [6, 6.07) is 12.5. The molecule has 3 N–H and O–H groups in total. The summed E-state index contributed by atoms with van der Waals surface area (Å²) in [6.07, 6.45) is 0.384. The average molecular weight is 477 g/mol. The fraction of sp³-hybridized carbons (Fsp3) is 0.435. The summed E-state index contributed by atoms with van der Waals surface area (Å²) < 4.78 is 42.8. The first-order valence-electron chi connectivity index (χ1n) is 10.7. The molecule has 0 radical (unpaired) electrons. The minimum absolute atomic E-state index is 0.119. The Morgan fingerprint density at radius 2 is 1.97 bits per heavy atom. The Kier molecular flexibility index (Phi) is 6.78. The lowest BCUT2D eigenvalue weighted by atomic mass is 9.84. The lowest BCUT2D eigenvalue weighted by Gasteiger charge is -2.37. The molecule has 33 heavy (non-hydrogen) atoms. The summed E-state index contributed by atoms with van der Waals surface area (Å²) in [5.74, 6) is 1.11. The fourth-order valence-electron chi connectivity index (χ4n) is 4.39. The largest absolute Gasteiger partial charge is 0.497 e. The van der Waals surface area contributed by atoms with Crippen molar-refractivity contribution in [1.29, 1.82) is 0 Å². The maximum Gasteiger partial charge on any atom is 0.229 e. The van der Waals surface area contributed by atoms with Gasteiger partial charge in [0.2, 0.25) is 15.9 Å². The molecule has 0 aliphatic carbocycles. The number of rotatable bonds is 8. The molecule has 2 heterocycles. The van der Waals surface area contributed by atoms with Crippen LogP contribution in [0.4, 0.5) is 5.69 Å². The van der Waals surface area contributed by atoms with Crippen LogP contribution in [0.5, 0.6) is 11.5 Å². The van der Waals surface area contributed by atoms with Gasteiger partial charge in [0, 0.05) is 23.7 Å². The molecular formula is C23H28N2O7S. The molecule has 4 rings (SSSR count). The molecule has 4 atom stereocenters. The molecule has 9 nitrogen and oxygen atoms in total. The number of amides is 1. The number of methoxy groups -OCH3 is 1. The molecule has 0 bridgehead atoms. The molecule has 0 unspecified atom stereocenters. The minimum Gasteiger partial charge on any atom is -0.497 e. The highest BCUT2D eigenvalue weighted by Gasteiger charge is 2.46. The van der Waals surface area contributed by atoms with Crippen LogP contribution in [-0.2, 0) is 26.1 Å². The molecule has 1 saturated heterocycles. The number of ether oxygens (including phenoxy) is 3. The number of anilines is 1. The second-order valence-electron chi connectivity index (χ2n) is 8.36. The van der Waals surface area contributed by atoms with Crippen LogP contribution in [0.25, 0.3) is 0 Å². The van der Waals surface area contributed by atoms with Gasteiger partial charge in [0.05, 0.1) is 32.5 Å². The highest BCUT2D eigenvalue weighted by atomic mass is 32.2. The molecule has 0 spiro atoms. The van der Waals surface area contributed by atoms with E-state index in [1.807, 2.05) is 24.3 Å². The van der Waals surface area contributed by atoms with Crippen LogP contribution in [0.15, 0.2) is 42.5 Å². The van der Waals surface area contributed by atoms with Crippen molar-refractivity contribution in [1.82, 2.24) is 5.32 Å². The van der Waals surface area contributed by atoms with E-state index in [1.165, 1.54) is 0 Å². The van der Waals surface area contributed by atoms with E-state index in [0.717, 1.165) is 23.1 Å². The Morgan fingerprint density at radius 1 is 1.21 bits per heavy atom. The summed E-state index contributed by atoms with van der Waals surface area (Å²) in [5.41, 5.74) is 2.24. The first-order valence-corrected chi connectivity index (χ1v) is 12.6. The molecule has 178 valence electrons. The number of carbonyl (C=O) groups is 1. The quantitative estimate of drug-likeness (QED) is 0.531. The molecule has 0 aromatic heterocycles. The first kappa shape index (κ1) is 23.3. The second-order valence-corrected chi connectivity index (χ2v) is 10.1. The zero-order valence-electron chi connectivity index (χ0n) is 18.5. The number of hydrogen-bond acceptors (Lipinski definition) is 7. The maximum absolute atomic E-state index is 12.6. The van der Waals surface area contributed by atoms with Crippen molar-refractivity contribution in [3.8, 4) is 11.5 Å². The monoisotopic (exact) mass is 476 g/mol. The van der Waals surface area contributed by atoms with Crippen molar-refractivity contribution in [2.75, 3.05) is 24.7 Å². The topological polar surface area (TPSA) is 123 Å². The lowest BCUT2D eigenvalue weighted by Crippen LogP contribution is -2.47. The number of hydrogen-bond donors (Lipinski definition) is 3. The lowest BCUT2D eigenvalue weighted by molar-refractivity contribution is -0.142. The average Bonchev–Trinajstić information content (AvgIpc) is 3.14. The minimum atomic E-state index is -3.41. The SMILES string of the molecule is COc1ccc(CNC(=O)C[C@H]2C[C@H]3c4cc(NS(C)(=O)=O)ccc4O[C@H]3[C@@H](CO)O2)cc1. The zero-order valence-corrected chi connectivity index (χ0v) is 19.3. The summed E-state index contributed by atoms with van der Waals surface area (Å²) >= 11 is 0. The van der Waals surface area contributed by atoms with Gasteiger partial charge in [-0.15, -0.1) is 0 Å². The third-order valence-corrected chi connectivity index (χ3v) is 6.47. The zero-order chi connectivity index (χ0) is 23.6. The Morgan fingerprint density at radius 3 is 2.64 bits per heavy atom. The number of carbonyl (C=O) groups excluding carboxylic acids is 1. The predicted octanol–water partition coefficient (Wildman–Crippen LogP) is 1.77. The molecular weight excluding hydrogens is 448 g/mol. The molecule has 0 saturated carbocycles. The van der Waals surface area contributed by atoms with Crippen LogP contribution in [0, 0.1) is 0 Å². The van der Waals surface area contributed by atoms with Crippen LogP contribution in [0.3, 0.4) is 0 Å². The predicted molar refractivity (Wildman–Crippen MR) is 122 cm³/mol.